The summed E-state index contributed by atoms with van der Waals surface area (Å²) in [7, 11) is 0. The van der Waals surface area contributed by atoms with Crippen LogP contribution in [0.3, 0.4) is 0 Å². The van der Waals surface area contributed by atoms with E-state index in [1.54, 1.807) is 0 Å². The topological polar surface area (TPSA) is 47.3 Å². The summed E-state index contributed by atoms with van der Waals surface area (Å²) in [5, 5.41) is 3.44. The molecule has 0 radical (unpaired) electrons. The number of hydrogen-bond acceptors (Lipinski definition) is 3. The minimum Gasteiger partial charge on any atom is -0.491 e. The molecule has 1 saturated carbocycles. The van der Waals surface area contributed by atoms with Gasteiger partial charge in [-0.05, 0) is 37.3 Å². The standard InChI is InChI=1S/C15H24N2O/c1-2-10-18-15-11-13(7-8-14(15)16)17-9-3-4-12-5-6-12/h7-8,11-12,17H,2-6,9-10,16H2,1H3. The quantitative estimate of drug-likeness (QED) is 0.545. The zero-order valence-corrected chi connectivity index (χ0v) is 11.2. The van der Waals surface area contributed by atoms with Crippen molar-refractivity contribution < 1.29 is 4.74 Å². The number of nitrogens with two attached hydrogens (primary N) is 1. The summed E-state index contributed by atoms with van der Waals surface area (Å²) >= 11 is 0. The smallest absolute Gasteiger partial charge is 0.144 e. The Balaban J connectivity index is 1.79. The van der Waals surface area contributed by atoms with Gasteiger partial charge in [-0.3, -0.25) is 0 Å². The average molecular weight is 248 g/mol. The monoisotopic (exact) mass is 248 g/mol. The minimum atomic E-state index is 0.715. The van der Waals surface area contributed by atoms with Crippen molar-refractivity contribution in [3.63, 3.8) is 0 Å². The molecule has 3 N–H and O–H groups in total. The van der Waals surface area contributed by atoms with E-state index in [2.05, 4.69) is 12.2 Å². The molecule has 1 aliphatic rings. The highest BCUT2D eigenvalue weighted by molar-refractivity contribution is 5.61. The normalized spacial score (nSPS) is 14.5. The van der Waals surface area contributed by atoms with Gasteiger partial charge in [0.15, 0.2) is 0 Å². The largest absolute Gasteiger partial charge is 0.491 e. The van der Waals surface area contributed by atoms with Crippen LogP contribution < -0.4 is 15.8 Å². The summed E-state index contributed by atoms with van der Waals surface area (Å²) < 4.78 is 5.62. The van der Waals surface area contributed by atoms with E-state index >= 15 is 0 Å². The summed E-state index contributed by atoms with van der Waals surface area (Å²) in [5.74, 6) is 1.81. The van der Waals surface area contributed by atoms with Crippen LogP contribution in [0.25, 0.3) is 0 Å². The molecule has 0 unspecified atom stereocenters. The first-order valence-electron chi connectivity index (χ1n) is 7.05. The molecule has 0 heterocycles. The fourth-order valence-electron chi connectivity index (χ4n) is 2.01. The van der Waals surface area contributed by atoms with E-state index in [9.17, 15) is 0 Å². The van der Waals surface area contributed by atoms with Gasteiger partial charge in [-0.15, -0.1) is 0 Å². The second kappa shape index (κ2) is 6.53. The van der Waals surface area contributed by atoms with Crippen LogP contribution >= 0.6 is 0 Å². The molecule has 2 rings (SSSR count). The zero-order valence-electron chi connectivity index (χ0n) is 11.2. The van der Waals surface area contributed by atoms with Crippen molar-refractivity contribution in [2.45, 2.75) is 39.0 Å². The van der Waals surface area contributed by atoms with Gasteiger partial charge < -0.3 is 15.8 Å². The van der Waals surface area contributed by atoms with Crippen molar-refractivity contribution in [1.82, 2.24) is 0 Å². The van der Waals surface area contributed by atoms with Crippen LogP contribution in [-0.2, 0) is 0 Å². The number of benzene rings is 1. The zero-order chi connectivity index (χ0) is 12.8. The lowest BCUT2D eigenvalue weighted by molar-refractivity contribution is 0.319. The van der Waals surface area contributed by atoms with Gasteiger partial charge in [-0.2, -0.15) is 0 Å². The van der Waals surface area contributed by atoms with E-state index in [1.165, 1.54) is 25.7 Å². The summed E-state index contributed by atoms with van der Waals surface area (Å²) in [5.41, 5.74) is 7.70. The van der Waals surface area contributed by atoms with Crippen LogP contribution in [0.1, 0.15) is 39.0 Å². The number of ether oxygens (including phenoxy) is 1. The summed E-state index contributed by atoms with van der Waals surface area (Å²) in [6.45, 7) is 3.85. The van der Waals surface area contributed by atoms with E-state index in [1.807, 2.05) is 18.2 Å². The number of nitrogens with one attached hydrogen (secondary N) is 1. The molecule has 1 aliphatic carbocycles. The molecule has 18 heavy (non-hydrogen) atoms. The average Bonchev–Trinajstić information content (AvgIpc) is 3.19. The highest BCUT2D eigenvalue weighted by Crippen LogP contribution is 2.33. The Morgan fingerprint density at radius 2 is 2.22 bits per heavy atom. The molecule has 0 atom stereocenters. The summed E-state index contributed by atoms with van der Waals surface area (Å²) in [4.78, 5) is 0. The number of nitrogen functional groups attached to an aromatic ring is 1. The van der Waals surface area contributed by atoms with E-state index in [-0.39, 0.29) is 0 Å². The lowest BCUT2D eigenvalue weighted by Gasteiger charge is -2.11. The van der Waals surface area contributed by atoms with Gasteiger partial charge in [0.1, 0.15) is 5.75 Å². The van der Waals surface area contributed by atoms with Crippen molar-refractivity contribution in [2.75, 3.05) is 24.2 Å². The lowest BCUT2D eigenvalue weighted by Crippen LogP contribution is -2.04. The Kier molecular flexibility index (Phi) is 4.73. The second-order valence-electron chi connectivity index (χ2n) is 5.11. The Morgan fingerprint density at radius 3 is 2.94 bits per heavy atom. The molecular weight excluding hydrogens is 224 g/mol. The maximum Gasteiger partial charge on any atom is 0.144 e. The van der Waals surface area contributed by atoms with Gasteiger partial charge in [0.2, 0.25) is 0 Å². The minimum absolute atomic E-state index is 0.715. The third-order valence-electron chi connectivity index (χ3n) is 3.29. The number of rotatable bonds is 8. The Morgan fingerprint density at radius 1 is 1.39 bits per heavy atom. The number of hydrogen-bond donors (Lipinski definition) is 2. The molecular formula is C15H24N2O. The van der Waals surface area contributed by atoms with Gasteiger partial charge in [0, 0.05) is 18.3 Å². The third kappa shape index (κ3) is 4.13. The van der Waals surface area contributed by atoms with Crippen LogP contribution in [0.4, 0.5) is 11.4 Å². The van der Waals surface area contributed by atoms with Crippen molar-refractivity contribution in [3.8, 4) is 5.75 Å². The SMILES string of the molecule is CCCOc1cc(NCCCC2CC2)ccc1N. The van der Waals surface area contributed by atoms with E-state index in [4.69, 9.17) is 10.5 Å². The van der Waals surface area contributed by atoms with Gasteiger partial charge in [-0.25, -0.2) is 0 Å². The molecule has 1 fully saturated rings. The van der Waals surface area contributed by atoms with Gasteiger partial charge in [0.05, 0.1) is 12.3 Å². The second-order valence-corrected chi connectivity index (χ2v) is 5.11. The fourth-order valence-corrected chi connectivity index (χ4v) is 2.01. The van der Waals surface area contributed by atoms with Gasteiger partial charge in [0.25, 0.3) is 0 Å². The summed E-state index contributed by atoms with van der Waals surface area (Å²) in [6.07, 6.45) is 6.49. The molecule has 0 amide bonds. The fraction of sp³-hybridized carbons (Fsp3) is 0.600. The number of anilines is 2. The molecule has 0 spiro atoms. The van der Waals surface area contributed by atoms with Crippen molar-refractivity contribution in [3.05, 3.63) is 18.2 Å². The highest BCUT2D eigenvalue weighted by Gasteiger charge is 2.19. The molecule has 1 aromatic rings. The van der Waals surface area contributed by atoms with E-state index < -0.39 is 0 Å². The van der Waals surface area contributed by atoms with Crippen LogP contribution in [0.2, 0.25) is 0 Å². The van der Waals surface area contributed by atoms with Gasteiger partial charge in [-0.1, -0.05) is 19.8 Å². The predicted octanol–water partition coefficient (Wildman–Crippen LogP) is 3.66. The van der Waals surface area contributed by atoms with Crippen LogP contribution in [0.15, 0.2) is 18.2 Å². The molecule has 1 aromatic carbocycles. The van der Waals surface area contributed by atoms with Gasteiger partial charge >= 0.3 is 0 Å². The molecule has 0 aromatic heterocycles. The van der Waals surface area contributed by atoms with Crippen molar-refractivity contribution in [2.24, 2.45) is 5.92 Å². The lowest BCUT2D eigenvalue weighted by atomic mass is 10.2. The van der Waals surface area contributed by atoms with Crippen molar-refractivity contribution in [1.29, 1.82) is 0 Å². The Bertz CT molecular complexity index is 375. The highest BCUT2D eigenvalue weighted by atomic mass is 16.5. The molecule has 0 bridgehead atoms. The maximum atomic E-state index is 5.88. The molecule has 100 valence electrons. The third-order valence-corrected chi connectivity index (χ3v) is 3.29. The van der Waals surface area contributed by atoms with Crippen LogP contribution in [0.5, 0.6) is 5.75 Å². The molecule has 0 saturated heterocycles. The first kappa shape index (κ1) is 13.1. The van der Waals surface area contributed by atoms with E-state index in [0.717, 1.165) is 36.9 Å². The molecule has 3 heteroatoms. The summed E-state index contributed by atoms with van der Waals surface area (Å²) in [6, 6.07) is 5.93. The maximum absolute atomic E-state index is 5.88. The Labute approximate surface area is 110 Å². The van der Waals surface area contributed by atoms with Crippen LogP contribution in [0, 0.1) is 5.92 Å². The molecule has 0 aliphatic heterocycles. The van der Waals surface area contributed by atoms with Crippen molar-refractivity contribution >= 4 is 11.4 Å². The Hall–Kier alpha value is -1.38. The first-order chi connectivity index (χ1) is 8.79. The van der Waals surface area contributed by atoms with E-state index in [0.29, 0.717) is 5.69 Å². The predicted molar refractivity (Wildman–Crippen MR) is 77.1 cm³/mol. The van der Waals surface area contributed by atoms with Crippen LogP contribution in [-0.4, -0.2) is 13.2 Å². The first-order valence-corrected chi connectivity index (χ1v) is 7.05. The molecule has 3 nitrogen and oxygen atoms in total.